The standard InChI is InChI=1S/C23H30O3/c1-4-7-12-17-13-8-9-14-18(17)20-15-16-22(26-23(24)25)21(11-6-3)19(20)10-5-2/h8-9,13-16H,4-7,10-12H2,1-3H3,(H,24,25). The van der Waals surface area contributed by atoms with Crippen LogP contribution in [0.4, 0.5) is 4.79 Å². The van der Waals surface area contributed by atoms with Gasteiger partial charge in [-0.3, -0.25) is 0 Å². The van der Waals surface area contributed by atoms with Gasteiger partial charge in [0.15, 0.2) is 0 Å². The molecule has 2 rings (SSSR count). The molecule has 0 aliphatic carbocycles. The van der Waals surface area contributed by atoms with Crippen molar-refractivity contribution in [3.63, 3.8) is 0 Å². The van der Waals surface area contributed by atoms with E-state index >= 15 is 0 Å². The van der Waals surface area contributed by atoms with Crippen LogP contribution in [0.15, 0.2) is 36.4 Å². The second-order valence-corrected chi connectivity index (χ2v) is 6.70. The van der Waals surface area contributed by atoms with E-state index in [4.69, 9.17) is 9.84 Å². The molecule has 0 atom stereocenters. The van der Waals surface area contributed by atoms with Crippen LogP contribution in [0, 0.1) is 0 Å². The molecule has 0 aliphatic rings. The zero-order chi connectivity index (χ0) is 18.9. The van der Waals surface area contributed by atoms with Gasteiger partial charge in [0.2, 0.25) is 0 Å². The number of hydrogen-bond acceptors (Lipinski definition) is 2. The Kier molecular flexibility index (Phi) is 7.71. The minimum absolute atomic E-state index is 0.484. The number of carboxylic acid groups (broad SMARTS) is 1. The molecule has 0 aromatic heterocycles. The number of hydrogen-bond donors (Lipinski definition) is 1. The molecule has 140 valence electrons. The summed E-state index contributed by atoms with van der Waals surface area (Å²) in [6.45, 7) is 6.48. The SMILES string of the molecule is CCCCc1ccccc1-c1ccc(OC(=O)O)c(CCC)c1CCC. The van der Waals surface area contributed by atoms with Crippen molar-refractivity contribution in [2.45, 2.75) is 65.7 Å². The maximum atomic E-state index is 11.1. The van der Waals surface area contributed by atoms with Crippen molar-refractivity contribution in [2.24, 2.45) is 0 Å². The second kappa shape index (κ2) is 10.0. The highest BCUT2D eigenvalue weighted by Crippen LogP contribution is 2.36. The van der Waals surface area contributed by atoms with E-state index in [-0.39, 0.29) is 0 Å². The Morgan fingerprint density at radius 2 is 1.54 bits per heavy atom. The fraction of sp³-hybridized carbons (Fsp3) is 0.435. The van der Waals surface area contributed by atoms with E-state index < -0.39 is 6.16 Å². The number of benzene rings is 2. The van der Waals surface area contributed by atoms with Crippen LogP contribution in [0.25, 0.3) is 11.1 Å². The van der Waals surface area contributed by atoms with Crippen molar-refractivity contribution in [3.8, 4) is 16.9 Å². The zero-order valence-electron chi connectivity index (χ0n) is 16.2. The van der Waals surface area contributed by atoms with Crippen molar-refractivity contribution in [1.82, 2.24) is 0 Å². The van der Waals surface area contributed by atoms with E-state index in [0.29, 0.717) is 5.75 Å². The minimum Gasteiger partial charge on any atom is -0.449 e. The lowest BCUT2D eigenvalue weighted by atomic mass is 9.87. The molecular weight excluding hydrogens is 324 g/mol. The van der Waals surface area contributed by atoms with Crippen LogP contribution >= 0.6 is 0 Å². The highest BCUT2D eigenvalue weighted by Gasteiger charge is 2.18. The molecule has 0 radical (unpaired) electrons. The Hall–Kier alpha value is -2.29. The van der Waals surface area contributed by atoms with E-state index in [1.54, 1.807) is 0 Å². The van der Waals surface area contributed by atoms with Gasteiger partial charge in [-0.2, -0.15) is 0 Å². The molecule has 2 aromatic carbocycles. The van der Waals surface area contributed by atoms with Gasteiger partial charge in [0, 0.05) is 0 Å². The monoisotopic (exact) mass is 354 g/mol. The number of aryl methyl sites for hydroxylation is 1. The van der Waals surface area contributed by atoms with Gasteiger partial charge in [0.1, 0.15) is 5.75 Å². The summed E-state index contributed by atoms with van der Waals surface area (Å²) in [5.41, 5.74) is 6.13. The maximum absolute atomic E-state index is 11.1. The van der Waals surface area contributed by atoms with E-state index in [1.165, 1.54) is 35.1 Å². The molecule has 0 saturated heterocycles. The summed E-state index contributed by atoms with van der Waals surface area (Å²) >= 11 is 0. The Morgan fingerprint density at radius 3 is 2.19 bits per heavy atom. The first-order valence-electron chi connectivity index (χ1n) is 9.76. The predicted octanol–water partition coefficient (Wildman–Crippen LogP) is 6.66. The number of ether oxygens (including phenoxy) is 1. The Balaban J connectivity index is 2.61. The van der Waals surface area contributed by atoms with E-state index in [1.807, 2.05) is 12.1 Å². The van der Waals surface area contributed by atoms with Gasteiger partial charge in [-0.05, 0) is 59.6 Å². The molecule has 3 heteroatoms. The van der Waals surface area contributed by atoms with Gasteiger partial charge in [-0.25, -0.2) is 4.79 Å². The largest absolute Gasteiger partial charge is 0.511 e. The molecule has 0 saturated carbocycles. The molecule has 2 aromatic rings. The van der Waals surface area contributed by atoms with E-state index in [0.717, 1.165) is 37.7 Å². The Bertz CT molecular complexity index is 734. The van der Waals surface area contributed by atoms with Crippen molar-refractivity contribution in [3.05, 3.63) is 53.1 Å². The topological polar surface area (TPSA) is 46.5 Å². The van der Waals surface area contributed by atoms with Crippen molar-refractivity contribution < 1.29 is 14.6 Å². The lowest BCUT2D eigenvalue weighted by Crippen LogP contribution is -2.08. The molecule has 3 nitrogen and oxygen atoms in total. The quantitative estimate of drug-likeness (QED) is 0.404. The van der Waals surface area contributed by atoms with Gasteiger partial charge in [-0.15, -0.1) is 0 Å². The van der Waals surface area contributed by atoms with Crippen LogP contribution in [0.1, 0.15) is 63.1 Å². The molecule has 0 amide bonds. The molecule has 0 spiro atoms. The van der Waals surface area contributed by atoms with E-state index in [9.17, 15) is 4.79 Å². The van der Waals surface area contributed by atoms with E-state index in [2.05, 4.69) is 45.0 Å². The van der Waals surface area contributed by atoms with Crippen molar-refractivity contribution >= 4 is 6.16 Å². The third-order valence-electron chi connectivity index (χ3n) is 4.69. The first-order chi connectivity index (χ1) is 12.6. The molecule has 0 bridgehead atoms. The summed E-state index contributed by atoms with van der Waals surface area (Å²) in [5, 5.41) is 9.09. The number of carbonyl (C=O) groups is 1. The van der Waals surface area contributed by atoms with Crippen molar-refractivity contribution in [1.29, 1.82) is 0 Å². The highest BCUT2D eigenvalue weighted by atomic mass is 16.7. The van der Waals surface area contributed by atoms with Gasteiger partial charge in [0.25, 0.3) is 0 Å². The lowest BCUT2D eigenvalue weighted by molar-refractivity contribution is 0.144. The molecule has 1 N–H and O–H groups in total. The zero-order valence-corrected chi connectivity index (χ0v) is 16.2. The molecule has 26 heavy (non-hydrogen) atoms. The summed E-state index contributed by atoms with van der Waals surface area (Å²) in [7, 11) is 0. The summed E-state index contributed by atoms with van der Waals surface area (Å²) in [6.07, 6.45) is 5.86. The smallest absolute Gasteiger partial charge is 0.449 e. The van der Waals surface area contributed by atoms with Crippen LogP contribution in [0.3, 0.4) is 0 Å². The van der Waals surface area contributed by atoms with Crippen LogP contribution < -0.4 is 4.74 Å². The van der Waals surface area contributed by atoms with Gasteiger partial charge in [0.05, 0.1) is 0 Å². The third kappa shape index (κ3) is 4.87. The Morgan fingerprint density at radius 1 is 0.846 bits per heavy atom. The fourth-order valence-electron chi connectivity index (χ4n) is 3.54. The van der Waals surface area contributed by atoms with Gasteiger partial charge >= 0.3 is 6.16 Å². The molecular formula is C23H30O3. The number of rotatable bonds is 9. The fourth-order valence-corrected chi connectivity index (χ4v) is 3.54. The maximum Gasteiger partial charge on any atom is 0.511 e. The second-order valence-electron chi connectivity index (χ2n) is 6.70. The first-order valence-corrected chi connectivity index (χ1v) is 9.76. The summed E-state index contributed by atoms with van der Waals surface area (Å²) in [4.78, 5) is 11.1. The van der Waals surface area contributed by atoms with Crippen LogP contribution in [0.2, 0.25) is 0 Å². The number of unbranched alkanes of at least 4 members (excludes halogenated alkanes) is 1. The van der Waals surface area contributed by atoms with Crippen LogP contribution in [-0.2, 0) is 19.3 Å². The van der Waals surface area contributed by atoms with Crippen LogP contribution in [-0.4, -0.2) is 11.3 Å². The lowest BCUT2D eigenvalue weighted by Gasteiger charge is -2.19. The first kappa shape index (κ1) is 20.0. The normalized spacial score (nSPS) is 10.7. The predicted molar refractivity (Wildman–Crippen MR) is 107 cm³/mol. The summed E-state index contributed by atoms with van der Waals surface area (Å²) < 4.78 is 5.09. The van der Waals surface area contributed by atoms with Crippen molar-refractivity contribution in [2.75, 3.05) is 0 Å². The molecule has 0 heterocycles. The summed E-state index contributed by atoms with van der Waals surface area (Å²) in [6, 6.07) is 12.4. The van der Waals surface area contributed by atoms with Gasteiger partial charge < -0.3 is 9.84 Å². The minimum atomic E-state index is -1.25. The Labute approximate surface area is 157 Å². The highest BCUT2D eigenvalue weighted by molar-refractivity contribution is 5.74. The molecule has 0 unspecified atom stereocenters. The van der Waals surface area contributed by atoms with Crippen LogP contribution in [0.5, 0.6) is 5.75 Å². The molecule has 0 aliphatic heterocycles. The third-order valence-corrected chi connectivity index (χ3v) is 4.69. The average Bonchev–Trinajstić information content (AvgIpc) is 2.63. The molecule has 0 fully saturated rings. The van der Waals surface area contributed by atoms with Gasteiger partial charge in [-0.1, -0.05) is 70.4 Å². The summed E-state index contributed by atoms with van der Waals surface area (Å²) in [5.74, 6) is 0.484. The average molecular weight is 354 g/mol.